The third-order valence-electron chi connectivity index (χ3n) is 3.09. The number of hydrogen-bond donors (Lipinski definition) is 2. The van der Waals surface area contributed by atoms with Gasteiger partial charge in [0.15, 0.2) is 5.78 Å². The molecule has 1 aromatic carbocycles. The van der Waals surface area contributed by atoms with Crippen LogP contribution in [-0.2, 0) is 16.1 Å². The molecule has 0 saturated carbocycles. The van der Waals surface area contributed by atoms with Crippen molar-refractivity contribution < 1.29 is 19.3 Å². The third-order valence-corrected chi connectivity index (χ3v) is 3.09. The molecule has 0 atom stereocenters. The molecule has 2 rings (SSSR count). The van der Waals surface area contributed by atoms with Crippen LogP contribution in [0.15, 0.2) is 18.2 Å². The van der Waals surface area contributed by atoms with Gasteiger partial charge in [0, 0.05) is 25.5 Å². The van der Waals surface area contributed by atoms with Gasteiger partial charge in [0.05, 0.1) is 6.61 Å². The minimum absolute atomic E-state index is 0.00671. The molecule has 0 spiro atoms. The zero-order valence-corrected chi connectivity index (χ0v) is 10.8. The third kappa shape index (κ3) is 3.42. The van der Waals surface area contributed by atoms with E-state index in [4.69, 9.17) is 4.65 Å². The molecule has 100 valence electrons. The molecule has 0 saturated heterocycles. The molecule has 0 fully saturated rings. The highest BCUT2D eigenvalue weighted by atomic mass is 16.5. The lowest BCUT2D eigenvalue weighted by Crippen LogP contribution is -2.28. The van der Waals surface area contributed by atoms with Gasteiger partial charge in [-0.2, -0.15) is 0 Å². The molecule has 0 aromatic heterocycles. The molecule has 0 aliphatic carbocycles. The highest BCUT2D eigenvalue weighted by Gasteiger charge is 2.27. The quantitative estimate of drug-likeness (QED) is 0.444. The molecule has 5 nitrogen and oxygen atoms in total. The highest BCUT2D eigenvalue weighted by Crippen LogP contribution is 2.13. The first-order valence-corrected chi connectivity index (χ1v) is 6.28. The molecule has 0 unspecified atom stereocenters. The van der Waals surface area contributed by atoms with Crippen molar-refractivity contribution in [1.82, 2.24) is 5.32 Å². The number of benzene rings is 1. The zero-order chi connectivity index (χ0) is 13.8. The summed E-state index contributed by atoms with van der Waals surface area (Å²) in [5.41, 5.74) is 2.17. The SMILES string of the molecule is CC(=O)NCCCC(=O)c1ccc2c(c1)B(O)OC2. The number of ketones is 1. The lowest BCUT2D eigenvalue weighted by Gasteiger charge is -2.05. The van der Waals surface area contributed by atoms with E-state index in [1.165, 1.54) is 6.92 Å². The van der Waals surface area contributed by atoms with Gasteiger partial charge in [0.25, 0.3) is 0 Å². The number of carbonyl (C=O) groups excluding carboxylic acids is 2. The van der Waals surface area contributed by atoms with E-state index in [9.17, 15) is 14.6 Å². The van der Waals surface area contributed by atoms with E-state index in [0.29, 0.717) is 37.0 Å². The second-order valence-electron chi connectivity index (χ2n) is 4.59. The van der Waals surface area contributed by atoms with Crippen LogP contribution in [0.4, 0.5) is 0 Å². The summed E-state index contributed by atoms with van der Waals surface area (Å²) in [5.74, 6) is -0.0856. The maximum atomic E-state index is 12.0. The van der Waals surface area contributed by atoms with E-state index in [1.54, 1.807) is 12.1 Å². The topological polar surface area (TPSA) is 75.6 Å². The molecular formula is C13H16BNO4. The van der Waals surface area contributed by atoms with Gasteiger partial charge in [-0.25, -0.2) is 0 Å². The molecule has 19 heavy (non-hydrogen) atoms. The summed E-state index contributed by atoms with van der Waals surface area (Å²) < 4.78 is 5.08. The number of nitrogens with one attached hydrogen (secondary N) is 1. The van der Waals surface area contributed by atoms with Crippen LogP contribution in [0.3, 0.4) is 0 Å². The van der Waals surface area contributed by atoms with Crippen molar-refractivity contribution in [3.63, 3.8) is 0 Å². The van der Waals surface area contributed by atoms with Gasteiger partial charge >= 0.3 is 7.12 Å². The Hall–Kier alpha value is -1.66. The van der Waals surface area contributed by atoms with E-state index in [-0.39, 0.29) is 11.7 Å². The molecule has 1 aromatic rings. The number of rotatable bonds is 5. The summed E-state index contributed by atoms with van der Waals surface area (Å²) in [4.78, 5) is 22.6. The van der Waals surface area contributed by atoms with Crippen molar-refractivity contribution in [2.45, 2.75) is 26.4 Å². The second-order valence-corrected chi connectivity index (χ2v) is 4.59. The normalized spacial score (nSPS) is 13.3. The van der Waals surface area contributed by atoms with Crippen LogP contribution >= 0.6 is 0 Å². The predicted octanol–water partition coefficient (Wildman–Crippen LogP) is 0.00330. The van der Waals surface area contributed by atoms with Gasteiger partial charge < -0.3 is 15.0 Å². The largest absolute Gasteiger partial charge is 0.491 e. The monoisotopic (exact) mass is 261 g/mol. The van der Waals surface area contributed by atoms with Crippen molar-refractivity contribution in [2.24, 2.45) is 0 Å². The molecule has 1 aliphatic heterocycles. The number of Topliss-reactive ketones (excluding diaryl/α,β-unsaturated/α-hetero) is 1. The van der Waals surface area contributed by atoms with E-state index in [2.05, 4.69) is 5.32 Å². The fraction of sp³-hybridized carbons (Fsp3) is 0.385. The van der Waals surface area contributed by atoms with Crippen LogP contribution in [0.5, 0.6) is 0 Å². The predicted molar refractivity (Wildman–Crippen MR) is 71.1 cm³/mol. The van der Waals surface area contributed by atoms with E-state index >= 15 is 0 Å². The summed E-state index contributed by atoms with van der Waals surface area (Å²) in [5, 5.41) is 12.2. The zero-order valence-electron chi connectivity index (χ0n) is 10.8. The smallest absolute Gasteiger partial charge is 0.423 e. The van der Waals surface area contributed by atoms with Gasteiger partial charge in [0.1, 0.15) is 0 Å². The van der Waals surface area contributed by atoms with Gasteiger partial charge in [-0.15, -0.1) is 0 Å². The van der Waals surface area contributed by atoms with Crippen LogP contribution in [0.25, 0.3) is 0 Å². The number of amides is 1. The Bertz CT molecular complexity index is 503. The molecule has 2 N–H and O–H groups in total. The number of fused-ring (bicyclic) bond motifs is 1. The fourth-order valence-corrected chi connectivity index (χ4v) is 2.05. The Morgan fingerprint density at radius 1 is 1.47 bits per heavy atom. The Kier molecular flexibility index (Phi) is 4.34. The van der Waals surface area contributed by atoms with E-state index in [1.807, 2.05) is 6.07 Å². The van der Waals surface area contributed by atoms with Crippen LogP contribution in [0.1, 0.15) is 35.7 Å². The second kappa shape index (κ2) is 5.99. The van der Waals surface area contributed by atoms with Gasteiger partial charge in [-0.3, -0.25) is 9.59 Å². The van der Waals surface area contributed by atoms with Crippen LogP contribution < -0.4 is 10.8 Å². The summed E-state index contributed by atoms with van der Waals surface area (Å²) >= 11 is 0. The standard InChI is InChI=1S/C13H16BNO4/c1-9(16)15-6-2-3-13(17)10-4-5-11-8-19-14(18)12(11)7-10/h4-5,7,18H,2-3,6,8H2,1H3,(H,15,16). The van der Waals surface area contributed by atoms with Crippen molar-refractivity contribution in [3.8, 4) is 0 Å². The van der Waals surface area contributed by atoms with Crippen molar-refractivity contribution in [3.05, 3.63) is 29.3 Å². The van der Waals surface area contributed by atoms with Crippen LogP contribution in [-0.4, -0.2) is 30.4 Å². The summed E-state index contributed by atoms with van der Waals surface area (Å²) in [7, 11) is -0.929. The average Bonchev–Trinajstić information content (AvgIpc) is 2.75. The van der Waals surface area contributed by atoms with E-state index in [0.717, 1.165) is 5.56 Å². The van der Waals surface area contributed by atoms with E-state index < -0.39 is 7.12 Å². The molecular weight excluding hydrogens is 245 g/mol. The van der Waals surface area contributed by atoms with Crippen LogP contribution in [0.2, 0.25) is 0 Å². The van der Waals surface area contributed by atoms with Gasteiger partial charge in [-0.05, 0) is 17.4 Å². The lowest BCUT2D eigenvalue weighted by molar-refractivity contribution is -0.118. The molecule has 1 heterocycles. The maximum absolute atomic E-state index is 12.0. The average molecular weight is 261 g/mol. The van der Waals surface area contributed by atoms with Gasteiger partial charge in [0.2, 0.25) is 5.91 Å². The fourth-order valence-electron chi connectivity index (χ4n) is 2.05. The summed E-state index contributed by atoms with van der Waals surface area (Å²) in [6, 6.07) is 5.25. The van der Waals surface area contributed by atoms with Crippen LogP contribution in [0, 0.1) is 0 Å². The number of carbonyl (C=O) groups is 2. The molecule has 0 bridgehead atoms. The first-order chi connectivity index (χ1) is 9.08. The van der Waals surface area contributed by atoms with Crippen molar-refractivity contribution in [2.75, 3.05) is 6.54 Å². The van der Waals surface area contributed by atoms with Gasteiger partial charge in [-0.1, -0.05) is 18.2 Å². The minimum atomic E-state index is -0.929. The Labute approximate surface area is 112 Å². The Morgan fingerprint density at radius 2 is 2.26 bits per heavy atom. The first kappa shape index (κ1) is 13.8. The molecule has 6 heteroatoms. The number of hydrogen-bond acceptors (Lipinski definition) is 4. The minimum Gasteiger partial charge on any atom is -0.423 e. The molecule has 1 aliphatic rings. The Morgan fingerprint density at radius 3 is 3.00 bits per heavy atom. The first-order valence-electron chi connectivity index (χ1n) is 6.28. The highest BCUT2D eigenvalue weighted by molar-refractivity contribution is 6.61. The molecule has 1 amide bonds. The summed E-state index contributed by atoms with van der Waals surface area (Å²) in [6.45, 7) is 2.33. The summed E-state index contributed by atoms with van der Waals surface area (Å²) in [6.07, 6.45) is 0.977. The molecule has 0 radical (unpaired) electrons. The maximum Gasteiger partial charge on any atom is 0.491 e. The lowest BCUT2D eigenvalue weighted by atomic mass is 9.78. The Balaban J connectivity index is 1.93. The van der Waals surface area contributed by atoms with Crippen molar-refractivity contribution >= 4 is 24.3 Å². The van der Waals surface area contributed by atoms with Crippen molar-refractivity contribution in [1.29, 1.82) is 0 Å².